The van der Waals surface area contributed by atoms with E-state index in [9.17, 15) is 0 Å². The van der Waals surface area contributed by atoms with E-state index in [0.717, 1.165) is 10.7 Å². The summed E-state index contributed by atoms with van der Waals surface area (Å²) in [5, 5.41) is 3.05. The van der Waals surface area contributed by atoms with Gasteiger partial charge < -0.3 is 10.5 Å². The molecule has 4 heteroatoms. The molecule has 13 heavy (non-hydrogen) atoms. The van der Waals surface area contributed by atoms with E-state index < -0.39 is 0 Å². The number of aromatic nitrogens is 1. The van der Waals surface area contributed by atoms with Crippen molar-refractivity contribution in [3.8, 4) is 0 Å². The van der Waals surface area contributed by atoms with Crippen molar-refractivity contribution in [2.24, 2.45) is 5.73 Å². The molecule has 0 saturated carbocycles. The Morgan fingerprint density at radius 1 is 1.69 bits per heavy atom. The summed E-state index contributed by atoms with van der Waals surface area (Å²) >= 11 is 1.62. The Balaban J connectivity index is 2.61. The third kappa shape index (κ3) is 2.76. The van der Waals surface area contributed by atoms with Crippen molar-refractivity contribution in [2.75, 3.05) is 6.61 Å². The topological polar surface area (TPSA) is 48.1 Å². The first kappa shape index (κ1) is 10.6. The molecule has 0 radical (unpaired) electrons. The maximum Gasteiger partial charge on any atom is 0.0898 e. The second kappa shape index (κ2) is 4.69. The van der Waals surface area contributed by atoms with Crippen LogP contribution >= 0.6 is 11.3 Å². The molecule has 74 valence electrons. The molecule has 3 nitrogen and oxygen atoms in total. The Morgan fingerprint density at radius 3 is 2.85 bits per heavy atom. The van der Waals surface area contributed by atoms with Gasteiger partial charge in [0.25, 0.3) is 0 Å². The summed E-state index contributed by atoms with van der Waals surface area (Å²) in [7, 11) is 0. The fourth-order valence-electron chi connectivity index (χ4n) is 1.14. The minimum Gasteiger partial charge on any atom is -0.377 e. The minimum absolute atomic E-state index is 0.0338. The average molecular weight is 200 g/mol. The molecule has 2 unspecified atom stereocenters. The number of hydrogen-bond acceptors (Lipinski definition) is 4. The predicted molar refractivity (Wildman–Crippen MR) is 54.9 cm³/mol. The van der Waals surface area contributed by atoms with Crippen molar-refractivity contribution < 1.29 is 4.74 Å². The molecule has 1 aromatic rings. The molecule has 0 aliphatic carbocycles. The maximum absolute atomic E-state index is 5.96. The summed E-state index contributed by atoms with van der Waals surface area (Å²) in [5.74, 6) is 0. The van der Waals surface area contributed by atoms with E-state index in [4.69, 9.17) is 10.5 Å². The monoisotopic (exact) mass is 200 g/mol. The zero-order valence-corrected chi connectivity index (χ0v) is 9.10. The molecule has 0 aliphatic rings. The Labute approximate surface area is 82.9 Å². The maximum atomic E-state index is 5.96. The second-order valence-electron chi connectivity index (χ2n) is 2.98. The highest BCUT2D eigenvalue weighted by Gasteiger charge is 2.16. The highest BCUT2D eigenvalue weighted by atomic mass is 32.1. The molecule has 1 heterocycles. The molecule has 0 amide bonds. The van der Waals surface area contributed by atoms with Gasteiger partial charge in [-0.15, -0.1) is 11.3 Å². The van der Waals surface area contributed by atoms with Crippen LogP contribution < -0.4 is 5.73 Å². The van der Waals surface area contributed by atoms with Crippen LogP contribution in [0.2, 0.25) is 0 Å². The van der Waals surface area contributed by atoms with Gasteiger partial charge in [-0.3, -0.25) is 0 Å². The quantitative estimate of drug-likeness (QED) is 0.807. The molecular formula is C9H16N2OS. The first-order chi connectivity index (χ1) is 6.15. The van der Waals surface area contributed by atoms with Crippen molar-refractivity contribution in [3.05, 3.63) is 16.1 Å². The summed E-state index contributed by atoms with van der Waals surface area (Å²) in [4.78, 5) is 4.33. The van der Waals surface area contributed by atoms with Crippen LogP contribution in [-0.2, 0) is 4.74 Å². The van der Waals surface area contributed by atoms with Crippen molar-refractivity contribution in [2.45, 2.75) is 32.9 Å². The molecule has 1 aromatic heterocycles. The van der Waals surface area contributed by atoms with Crippen LogP contribution in [0.25, 0.3) is 0 Å². The van der Waals surface area contributed by atoms with Gasteiger partial charge in [-0.05, 0) is 20.8 Å². The Hall–Kier alpha value is -0.450. The van der Waals surface area contributed by atoms with Gasteiger partial charge >= 0.3 is 0 Å². The van der Waals surface area contributed by atoms with Gasteiger partial charge in [0, 0.05) is 12.0 Å². The van der Waals surface area contributed by atoms with Crippen LogP contribution in [0.3, 0.4) is 0 Å². The lowest BCUT2D eigenvalue weighted by molar-refractivity contribution is 0.0566. The van der Waals surface area contributed by atoms with Crippen molar-refractivity contribution in [3.63, 3.8) is 0 Å². The van der Waals surface area contributed by atoms with Gasteiger partial charge in [0.1, 0.15) is 0 Å². The number of thiazole rings is 1. The van der Waals surface area contributed by atoms with Gasteiger partial charge in [-0.2, -0.15) is 0 Å². The van der Waals surface area contributed by atoms with Crippen molar-refractivity contribution >= 4 is 11.3 Å². The van der Waals surface area contributed by atoms with E-state index in [0.29, 0.717) is 6.61 Å². The Morgan fingerprint density at radius 2 is 2.38 bits per heavy atom. The zero-order valence-electron chi connectivity index (χ0n) is 8.28. The lowest BCUT2D eigenvalue weighted by Crippen LogP contribution is -2.26. The van der Waals surface area contributed by atoms with Crippen LogP contribution in [0.4, 0.5) is 0 Å². The molecule has 0 bridgehead atoms. The van der Waals surface area contributed by atoms with Crippen molar-refractivity contribution in [1.82, 2.24) is 4.98 Å². The highest BCUT2D eigenvalue weighted by molar-refractivity contribution is 7.09. The first-order valence-electron chi connectivity index (χ1n) is 4.44. The normalized spacial score (nSPS) is 15.7. The van der Waals surface area contributed by atoms with E-state index in [1.807, 2.05) is 26.2 Å². The number of ether oxygens (including phenoxy) is 1. The molecular weight excluding hydrogens is 184 g/mol. The standard InChI is InChI=1S/C9H16N2OS/c1-4-12-6(2)9(10)8-5-13-7(3)11-8/h5-6,9H,4,10H2,1-3H3. The van der Waals surface area contributed by atoms with Gasteiger partial charge in [0.05, 0.1) is 22.8 Å². The van der Waals surface area contributed by atoms with Crippen LogP contribution in [0, 0.1) is 6.92 Å². The number of hydrogen-bond donors (Lipinski definition) is 1. The van der Waals surface area contributed by atoms with E-state index in [1.54, 1.807) is 11.3 Å². The van der Waals surface area contributed by atoms with Crippen LogP contribution in [0.1, 0.15) is 30.6 Å². The van der Waals surface area contributed by atoms with E-state index in [2.05, 4.69) is 4.98 Å². The average Bonchev–Trinajstić information content (AvgIpc) is 2.51. The number of nitrogens with zero attached hydrogens (tertiary/aromatic N) is 1. The summed E-state index contributed by atoms with van der Waals surface area (Å²) in [6.45, 7) is 6.61. The molecule has 0 saturated heterocycles. The van der Waals surface area contributed by atoms with E-state index in [-0.39, 0.29) is 12.1 Å². The third-order valence-electron chi connectivity index (χ3n) is 1.91. The molecule has 2 N–H and O–H groups in total. The molecule has 0 spiro atoms. The molecule has 0 aliphatic heterocycles. The summed E-state index contributed by atoms with van der Waals surface area (Å²) in [5.41, 5.74) is 6.89. The molecule has 2 atom stereocenters. The number of aryl methyl sites for hydroxylation is 1. The van der Waals surface area contributed by atoms with Gasteiger partial charge in [-0.25, -0.2) is 4.98 Å². The Kier molecular flexibility index (Phi) is 3.84. The third-order valence-corrected chi connectivity index (χ3v) is 2.71. The highest BCUT2D eigenvalue weighted by Crippen LogP contribution is 2.18. The predicted octanol–water partition coefficient (Wildman–Crippen LogP) is 1.88. The molecule has 0 fully saturated rings. The van der Waals surface area contributed by atoms with Crippen LogP contribution in [0.15, 0.2) is 5.38 Å². The summed E-state index contributed by atoms with van der Waals surface area (Å²) in [6, 6.07) is -0.107. The summed E-state index contributed by atoms with van der Waals surface area (Å²) < 4.78 is 5.41. The molecule has 0 aromatic carbocycles. The smallest absolute Gasteiger partial charge is 0.0898 e. The molecule has 1 rings (SSSR count). The number of rotatable bonds is 4. The van der Waals surface area contributed by atoms with Gasteiger partial charge in [0.15, 0.2) is 0 Å². The van der Waals surface area contributed by atoms with Crippen LogP contribution in [0.5, 0.6) is 0 Å². The lowest BCUT2D eigenvalue weighted by Gasteiger charge is -2.17. The minimum atomic E-state index is -0.107. The Bertz CT molecular complexity index is 262. The second-order valence-corrected chi connectivity index (χ2v) is 4.04. The lowest BCUT2D eigenvalue weighted by atomic mass is 10.1. The fraction of sp³-hybridized carbons (Fsp3) is 0.667. The fourth-order valence-corrected chi connectivity index (χ4v) is 1.80. The SMILES string of the molecule is CCOC(C)C(N)c1csc(C)n1. The van der Waals surface area contributed by atoms with E-state index in [1.165, 1.54) is 0 Å². The van der Waals surface area contributed by atoms with Crippen molar-refractivity contribution in [1.29, 1.82) is 0 Å². The summed E-state index contributed by atoms with van der Waals surface area (Å²) in [6.07, 6.45) is 0.0338. The first-order valence-corrected chi connectivity index (χ1v) is 5.32. The number of nitrogens with two attached hydrogens (primary N) is 1. The van der Waals surface area contributed by atoms with Gasteiger partial charge in [0.2, 0.25) is 0 Å². The van der Waals surface area contributed by atoms with Crippen LogP contribution in [-0.4, -0.2) is 17.7 Å². The largest absolute Gasteiger partial charge is 0.377 e. The zero-order chi connectivity index (χ0) is 9.84. The van der Waals surface area contributed by atoms with Gasteiger partial charge in [-0.1, -0.05) is 0 Å². The van der Waals surface area contributed by atoms with E-state index >= 15 is 0 Å².